The van der Waals surface area contributed by atoms with E-state index in [0.29, 0.717) is 25.2 Å². The third-order valence-corrected chi connectivity index (χ3v) is 5.87. The van der Waals surface area contributed by atoms with Crippen LogP contribution in [0.3, 0.4) is 0 Å². The van der Waals surface area contributed by atoms with E-state index in [1.807, 2.05) is 36.4 Å². The zero-order chi connectivity index (χ0) is 23.2. The molecule has 1 aliphatic heterocycles. The molecule has 3 heterocycles. The van der Waals surface area contributed by atoms with Gasteiger partial charge >= 0.3 is 0 Å². The van der Waals surface area contributed by atoms with E-state index in [0.717, 1.165) is 42.2 Å². The lowest BCUT2D eigenvalue weighted by Gasteiger charge is -2.32. The van der Waals surface area contributed by atoms with Crippen LogP contribution < -0.4 is 20.5 Å². The van der Waals surface area contributed by atoms with Crippen LogP contribution in [0, 0.1) is 12.8 Å². The van der Waals surface area contributed by atoms with Crippen LogP contribution >= 0.6 is 0 Å². The molecule has 0 bridgehead atoms. The van der Waals surface area contributed by atoms with Gasteiger partial charge in [0, 0.05) is 43.5 Å². The van der Waals surface area contributed by atoms with E-state index in [1.165, 1.54) is 10.9 Å². The molecular weight excluding hydrogens is 420 g/mol. The van der Waals surface area contributed by atoms with Crippen molar-refractivity contribution < 1.29 is 9.53 Å². The Labute approximate surface area is 192 Å². The van der Waals surface area contributed by atoms with Crippen molar-refractivity contribution in [2.24, 2.45) is 5.92 Å². The molecule has 1 aromatic carbocycles. The molecule has 1 N–H and O–H groups in total. The van der Waals surface area contributed by atoms with Crippen LogP contribution in [0.25, 0.3) is 11.3 Å². The number of hydrogen-bond acceptors (Lipinski definition) is 7. The number of ether oxygens (including phenoxy) is 1. The van der Waals surface area contributed by atoms with Gasteiger partial charge in [0.05, 0.1) is 25.0 Å². The lowest BCUT2D eigenvalue weighted by Crippen LogP contribution is -2.44. The van der Waals surface area contributed by atoms with Crippen LogP contribution in [0.15, 0.2) is 53.7 Å². The second kappa shape index (κ2) is 10.2. The Hall–Kier alpha value is -3.75. The molecule has 1 fully saturated rings. The summed E-state index contributed by atoms with van der Waals surface area (Å²) in [6, 6.07) is 11.6. The van der Waals surface area contributed by atoms with Crippen LogP contribution in [-0.4, -0.2) is 52.4 Å². The van der Waals surface area contributed by atoms with Crippen molar-refractivity contribution in [3.8, 4) is 17.0 Å². The van der Waals surface area contributed by atoms with E-state index < -0.39 is 0 Å². The number of methoxy groups -OCH3 is 1. The predicted molar refractivity (Wildman–Crippen MR) is 125 cm³/mol. The van der Waals surface area contributed by atoms with E-state index in [1.54, 1.807) is 20.2 Å². The molecule has 0 radical (unpaired) electrons. The number of carbonyl (C=O) groups is 1. The summed E-state index contributed by atoms with van der Waals surface area (Å²) in [6.07, 6.45) is 4.76. The van der Waals surface area contributed by atoms with Gasteiger partial charge < -0.3 is 15.0 Å². The standard InChI is InChI=1S/C24H28N6O3/c1-17-14-25-16-30(24(17)32)13-11-26-23(31)18-6-5-12-29(15-18)22-10-9-20(27-28-22)19-7-3-4-8-21(19)33-2/h3-4,7-10,14,16,18H,5-6,11-13,15H2,1-2H3,(H,26,31). The molecule has 0 spiro atoms. The number of rotatable bonds is 7. The monoisotopic (exact) mass is 448 g/mol. The average Bonchev–Trinajstić information content (AvgIpc) is 2.86. The third kappa shape index (κ3) is 5.19. The fourth-order valence-corrected chi connectivity index (χ4v) is 4.06. The number of nitrogens with zero attached hydrogens (tertiary/aromatic N) is 5. The van der Waals surface area contributed by atoms with Crippen molar-refractivity contribution in [2.45, 2.75) is 26.3 Å². The zero-order valence-corrected chi connectivity index (χ0v) is 18.9. The number of anilines is 1. The summed E-state index contributed by atoms with van der Waals surface area (Å²) in [5.41, 5.74) is 2.13. The molecule has 1 saturated heterocycles. The predicted octanol–water partition coefficient (Wildman–Crippen LogP) is 2.05. The van der Waals surface area contributed by atoms with E-state index in [9.17, 15) is 9.59 Å². The molecule has 0 aliphatic carbocycles. The van der Waals surface area contributed by atoms with Gasteiger partial charge in [-0.25, -0.2) is 4.98 Å². The van der Waals surface area contributed by atoms with Crippen molar-refractivity contribution >= 4 is 11.7 Å². The van der Waals surface area contributed by atoms with Gasteiger partial charge in [0.15, 0.2) is 5.82 Å². The Morgan fingerprint density at radius 2 is 2.06 bits per heavy atom. The number of aryl methyl sites for hydroxylation is 1. The molecule has 3 aromatic rings. The summed E-state index contributed by atoms with van der Waals surface area (Å²) in [6.45, 7) is 3.92. The number of para-hydroxylation sites is 1. The van der Waals surface area contributed by atoms with Crippen LogP contribution in [0.2, 0.25) is 0 Å². The SMILES string of the molecule is COc1ccccc1-c1ccc(N2CCCC(C(=O)NCCn3cncc(C)c3=O)C2)nn1. The quantitative estimate of drug-likeness (QED) is 0.590. The first kappa shape index (κ1) is 22.4. The number of aromatic nitrogens is 4. The number of piperidine rings is 1. The molecule has 1 atom stereocenters. The summed E-state index contributed by atoms with van der Waals surface area (Å²) in [5.74, 6) is 1.36. The molecule has 172 valence electrons. The van der Waals surface area contributed by atoms with Gasteiger partial charge in [-0.2, -0.15) is 0 Å². The fourth-order valence-electron chi connectivity index (χ4n) is 4.06. The summed E-state index contributed by atoms with van der Waals surface area (Å²) in [4.78, 5) is 30.9. The van der Waals surface area contributed by atoms with Crippen molar-refractivity contribution in [1.29, 1.82) is 0 Å². The Morgan fingerprint density at radius 3 is 2.85 bits per heavy atom. The van der Waals surface area contributed by atoms with E-state index in [-0.39, 0.29) is 17.4 Å². The first-order valence-electron chi connectivity index (χ1n) is 11.1. The van der Waals surface area contributed by atoms with Gasteiger partial charge in [0.25, 0.3) is 5.56 Å². The minimum atomic E-state index is -0.137. The highest BCUT2D eigenvalue weighted by molar-refractivity contribution is 5.79. The average molecular weight is 449 g/mol. The topological polar surface area (TPSA) is 102 Å². The number of amides is 1. The second-order valence-electron chi connectivity index (χ2n) is 8.13. The first-order valence-corrected chi connectivity index (χ1v) is 11.1. The number of nitrogens with one attached hydrogen (secondary N) is 1. The maximum Gasteiger partial charge on any atom is 0.256 e. The zero-order valence-electron chi connectivity index (χ0n) is 18.9. The van der Waals surface area contributed by atoms with Gasteiger partial charge in [0.2, 0.25) is 5.91 Å². The van der Waals surface area contributed by atoms with Gasteiger partial charge in [-0.15, -0.1) is 10.2 Å². The van der Waals surface area contributed by atoms with Gasteiger partial charge in [-0.3, -0.25) is 14.2 Å². The Bertz CT molecular complexity index is 1160. The minimum Gasteiger partial charge on any atom is -0.496 e. The number of hydrogen-bond donors (Lipinski definition) is 1. The van der Waals surface area contributed by atoms with Crippen LogP contribution in [0.4, 0.5) is 5.82 Å². The van der Waals surface area contributed by atoms with Crippen molar-refractivity contribution in [3.05, 3.63) is 64.8 Å². The molecule has 1 unspecified atom stereocenters. The van der Waals surface area contributed by atoms with E-state index in [4.69, 9.17) is 4.74 Å². The smallest absolute Gasteiger partial charge is 0.256 e. The van der Waals surface area contributed by atoms with Gasteiger partial charge in [-0.1, -0.05) is 12.1 Å². The molecule has 1 aliphatic rings. The number of benzene rings is 1. The summed E-state index contributed by atoms with van der Waals surface area (Å²) in [7, 11) is 1.63. The molecule has 2 aromatic heterocycles. The van der Waals surface area contributed by atoms with Crippen molar-refractivity contribution in [2.75, 3.05) is 31.6 Å². The molecule has 9 nitrogen and oxygen atoms in total. The summed E-state index contributed by atoms with van der Waals surface area (Å²) < 4.78 is 6.93. The lowest BCUT2D eigenvalue weighted by atomic mass is 9.97. The largest absolute Gasteiger partial charge is 0.496 e. The lowest BCUT2D eigenvalue weighted by molar-refractivity contribution is -0.125. The first-order chi connectivity index (χ1) is 16.1. The van der Waals surface area contributed by atoms with Gasteiger partial charge in [0.1, 0.15) is 5.75 Å². The molecule has 0 saturated carbocycles. The van der Waals surface area contributed by atoms with Crippen LogP contribution in [0.5, 0.6) is 5.75 Å². The highest BCUT2D eigenvalue weighted by atomic mass is 16.5. The molecular formula is C24H28N6O3. The minimum absolute atomic E-state index is 0.00744. The normalized spacial score (nSPS) is 15.8. The fraction of sp³-hybridized carbons (Fsp3) is 0.375. The summed E-state index contributed by atoms with van der Waals surface area (Å²) in [5, 5.41) is 11.8. The Morgan fingerprint density at radius 1 is 1.21 bits per heavy atom. The van der Waals surface area contributed by atoms with Crippen LogP contribution in [0.1, 0.15) is 18.4 Å². The number of carbonyl (C=O) groups excluding carboxylic acids is 1. The molecule has 1 amide bonds. The Kier molecular flexibility index (Phi) is 6.97. The van der Waals surface area contributed by atoms with Crippen LogP contribution in [-0.2, 0) is 11.3 Å². The maximum atomic E-state index is 12.7. The van der Waals surface area contributed by atoms with Crippen molar-refractivity contribution in [1.82, 2.24) is 25.1 Å². The summed E-state index contributed by atoms with van der Waals surface area (Å²) >= 11 is 0. The highest BCUT2D eigenvalue weighted by Gasteiger charge is 2.26. The molecule has 33 heavy (non-hydrogen) atoms. The molecule has 4 rings (SSSR count). The van der Waals surface area contributed by atoms with Crippen molar-refractivity contribution in [3.63, 3.8) is 0 Å². The maximum absolute atomic E-state index is 12.7. The van der Waals surface area contributed by atoms with E-state index >= 15 is 0 Å². The molecule has 9 heteroatoms. The third-order valence-electron chi connectivity index (χ3n) is 5.87. The Balaban J connectivity index is 1.35. The second-order valence-corrected chi connectivity index (χ2v) is 8.13. The highest BCUT2D eigenvalue weighted by Crippen LogP contribution is 2.29. The van der Waals surface area contributed by atoms with E-state index in [2.05, 4.69) is 25.4 Å². The van der Waals surface area contributed by atoms with Gasteiger partial charge in [-0.05, 0) is 44.0 Å².